The average molecular weight is 287 g/mol. The topological polar surface area (TPSA) is 18.5 Å². The van der Waals surface area contributed by atoms with E-state index >= 15 is 0 Å². The lowest BCUT2D eigenvalue weighted by Crippen LogP contribution is -2.50. The molecule has 2 aliphatic rings. The van der Waals surface area contributed by atoms with Crippen molar-refractivity contribution in [2.24, 2.45) is 0 Å². The Morgan fingerprint density at radius 1 is 1.24 bits per heavy atom. The maximum absolute atomic E-state index is 3.58. The fraction of sp³-hybridized carbons (Fsp3) is 0.667. The molecule has 116 valence electrons. The number of rotatable bonds is 4. The molecule has 21 heavy (non-hydrogen) atoms. The van der Waals surface area contributed by atoms with Crippen LogP contribution in [0.2, 0.25) is 0 Å². The molecule has 3 nitrogen and oxygen atoms in total. The van der Waals surface area contributed by atoms with Crippen LogP contribution in [0.3, 0.4) is 0 Å². The van der Waals surface area contributed by atoms with Gasteiger partial charge in [0.05, 0.1) is 0 Å². The molecule has 1 aromatic rings. The maximum atomic E-state index is 3.58. The van der Waals surface area contributed by atoms with E-state index in [9.17, 15) is 0 Å². The van der Waals surface area contributed by atoms with Gasteiger partial charge in [-0.1, -0.05) is 31.5 Å². The number of nitrogens with one attached hydrogen (secondary N) is 1. The second-order valence-electron chi connectivity index (χ2n) is 6.95. The predicted molar refractivity (Wildman–Crippen MR) is 90.0 cm³/mol. The number of piperazine rings is 1. The van der Waals surface area contributed by atoms with Crippen LogP contribution in [0.1, 0.15) is 37.8 Å². The molecular weight excluding hydrogens is 258 g/mol. The van der Waals surface area contributed by atoms with Gasteiger partial charge in [-0.2, -0.15) is 0 Å². The quantitative estimate of drug-likeness (QED) is 0.918. The summed E-state index contributed by atoms with van der Waals surface area (Å²) < 4.78 is 0. The van der Waals surface area contributed by atoms with Crippen molar-refractivity contribution in [1.82, 2.24) is 10.2 Å². The summed E-state index contributed by atoms with van der Waals surface area (Å²) in [6.45, 7) is 12.5. The number of benzene rings is 1. The van der Waals surface area contributed by atoms with Gasteiger partial charge in [0.1, 0.15) is 0 Å². The molecule has 1 unspecified atom stereocenters. The van der Waals surface area contributed by atoms with Gasteiger partial charge in [-0.25, -0.2) is 0 Å². The van der Waals surface area contributed by atoms with Crippen LogP contribution in [-0.4, -0.2) is 43.2 Å². The van der Waals surface area contributed by atoms with E-state index in [1.165, 1.54) is 55.8 Å². The molecule has 1 atom stereocenters. The minimum Gasteiger partial charge on any atom is -0.368 e. The van der Waals surface area contributed by atoms with Crippen LogP contribution in [0, 0.1) is 6.92 Å². The summed E-state index contributed by atoms with van der Waals surface area (Å²) >= 11 is 0. The highest BCUT2D eigenvalue weighted by molar-refractivity contribution is 5.55. The molecule has 2 fully saturated rings. The van der Waals surface area contributed by atoms with Crippen molar-refractivity contribution in [1.29, 1.82) is 0 Å². The van der Waals surface area contributed by atoms with Crippen molar-refractivity contribution in [3.63, 3.8) is 0 Å². The van der Waals surface area contributed by atoms with Crippen LogP contribution in [0.25, 0.3) is 0 Å². The third kappa shape index (κ3) is 3.41. The Bertz CT molecular complexity index is 483. The number of aryl methyl sites for hydroxylation is 1. The summed E-state index contributed by atoms with van der Waals surface area (Å²) in [5.41, 5.74) is 4.26. The lowest BCUT2D eigenvalue weighted by molar-refractivity contribution is 0.231. The molecular formula is C18H29N3. The van der Waals surface area contributed by atoms with E-state index < -0.39 is 0 Å². The fourth-order valence-corrected chi connectivity index (χ4v) is 3.69. The maximum Gasteiger partial charge on any atom is 0.0413 e. The Balaban J connectivity index is 1.77. The number of fused-ring (bicyclic) bond motifs is 1. The zero-order chi connectivity index (χ0) is 14.8. The van der Waals surface area contributed by atoms with Gasteiger partial charge in [0.25, 0.3) is 0 Å². The number of hydrogen-bond donors (Lipinski definition) is 1. The Morgan fingerprint density at radius 3 is 2.90 bits per heavy atom. The molecule has 0 bridgehead atoms. The van der Waals surface area contributed by atoms with E-state index in [1.807, 2.05) is 0 Å². The van der Waals surface area contributed by atoms with Crippen LogP contribution in [-0.2, 0) is 6.54 Å². The van der Waals surface area contributed by atoms with Crippen molar-refractivity contribution >= 4 is 5.69 Å². The van der Waals surface area contributed by atoms with E-state index in [-0.39, 0.29) is 0 Å². The van der Waals surface area contributed by atoms with E-state index in [1.54, 1.807) is 0 Å². The highest BCUT2D eigenvalue weighted by Gasteiger charge is 2.31. The smallest absolute Gasteiger partial charge is 0.0413 e. The lowest BCUT2D eigenvalue weighted by atomic mass is 10.1. The van der Waals surface area contributed by atoms with Gasteiger partial charge in [-0.3, -0.25) is 4.90 Å². The van der Waals surface area contributed by atoms with Crippen LogP contribution in [0.5, 0.6) is 0 Å². The Hall–Kier alpha value is -1.06. The third-order valence-corrected chi connectivity index (χ3v) is 4.86. The van der Waals surface area contributed by atoms with Gasteiger partial charge in [-0.15, -0.1) is 0 Å². The summed E-state index contributed by atoms with van der Waals surface area (Å²) in [7, 11) is 0. The van der Waals surface area contributed by atoms with Crippen LogP contribution >= 0.6 is 0 Å². The predicted octanol–water partition coefficient (Wildman–Crippen LogP) is 2.78. The minimum atomic E-state index is 0.532. The molecule has 0 saturated carbocycles. The first kappa shape index (κ1) is 14.9. The van der Waals surface area contributed by atoms with E-state index in [4.69, 9.17) is 0 Å². The van der Waals surface area contributed by atoms with Crippen molar-refractivity contribution in [3.05, 3.63) is 29.3 Å². The number of hydrogen-bond acceptors (Lipinski definition) is 3. The van der Waals surface area contributed by atoms with Gasteiger partial charge in [0.15, 0.2) is 0 Å². The Labute approximate surface area is 129 Å². The molecule has 2 aliphatic heterocycles. The van der Waals surface area contributed by atoms with Gasteiger partial charge in [0.2, 0.25) is 0 Å². The molecule has 1 N–H and O–H groups in total. The SMILES string of the molecule is Cc1ccc(N2CCN3CCCC3C2)c(CNC(C)C)c1. The summed E-state index contributed by atoms with van der Waals surface area (Å²) in [6.07, 6.45) is 2.76. The van der Waals surface area contributed by atoms with Crippen molar-refractivity contribution in [2.45, 2.75) is 52.2 Å². The molecule has 0 radical (unpaired) electrons. The molecule has 0 aliphatic carbocycles. The van der Waals surface area contributed by atoms with Gasteiger partial charge in [0, 0.05) is 44.0 Å². The Kier molecular flexibility index (Phi) is 4.51. The zero-order valence-electron chi connectivity index (χ0n) is 13.7. The highest BCUT2D eigenvalue weighted by atomic mass is 15.3. The van der Waals surface area contributed by atoms with Gasteiger partial charge in [-0.05, 0) is 37.9 Å². The van der Waals surface area contributed by atoms with Crippen LogP contribution in [0.15, 0.2) is 18.2 Å². The first-order valence-electron chi connectivity index (χ1n) is 8.45. The normalized spacial score (nSPS) is 22.9. The molecule has 3 heteroatoms. The van der Waals surface area contributed by atoms with E-state index in [2.05, 4.69) is 54.1 Å². The fourth-order valence-electron chi connectivity index (χ4n) is 3.69. The first-order chi connectivity index (χ1) is 10.1. The summed E-state index contributed by atoms with van der Waals surface area (Å²) in [4.78, 5) is 5.29. The standard InChI is InChI=1S/C18H29N3/c1-14(2)19-12-16-11-15(3)6-7-18(16)21-10-9-20-8-4-5-17(20)13-21/h6-7,11,14,17,19H,4-5,8-10,12-13H2,1-3H3. The third-order valence-electron chi connectivity index (χ3n) is 4.86. The molecule has 0 amide bonds. The summed E-state index contributed by atoms with van der Waals surface area (Å²) in [5, 5.41) is 3.58. The highest BCUT2D eigenvalue weighted by Crippen LogP contribution is 2.28. The first-order valence-corrected chi connectivity index (χ1v) is 8.45. The van der Waals surface area contributed by atoms with Crippen molar-refractivity contribution in [2.75, 3.05) is 31.1 Å². The molecule has 2 heterocycles. The lowest BCUT2D eigenvalue weighted by Gasteiger charge is -2.39. The monoisotopic (exact) mass is 287 g/mol. The molecule has 0 spiro atoms. The van der Waals surface area contributed by atoms with Crippen molar-refractivity contribution < 1.29 is 0 Å². The molecule has 0 aromatic heterocycles. The Morgan fingerprint density at radius 2 is 2.10 bits per heavy atom. The van der Waals surface area contributed by atoms with Gasteiger partial charge >= 0.3 is 0 Å². The van der Waals surface area contributed by atoms with Crippen LogP contribution in [0.4, 0.5) is 5.69 Å². The molecule has 2 saturated heterocycles. The largest absolute Gasteiger partial charge is 0.368 e. The minimum absolute atomic E-state index is 0.532. The second kappa shape index (κ2) is 6.37. The van der Waals surface area contributed by atoms with E-state index in [0.29, 0.717) is 6.04 Å². The van der Waals surface area contributed by atoms with Crippen LogP contribution < -0.4 is 10.2 Å². The summed E-state index contributed by atoms with van der Waals surface area (Å²) in [5.74, 6) is 0. The number of nitrogens with zero attached hydrogens (tertiary/aromatic N) is 2. The van der Waals surface area contributed by atoms with Gasteiger partial charge < -0.3 is 10.2 Å². The molecule has 1 aromatic carbocycles. The van der Waals surface area contributed by atoms with E-state index in [0.717, 1.165) is 12.6 Å². The molecule has 3 rings (SSSR count). The second-order valence-corrected chi connectivity index (χ2v) is 6.95. The summed E-state index contributed by atoms with van der Waals surface area (Å²) in [6, 6.07) is 8.26. The zero-order valence-corrected chi connectivity index (χ0v) is 13.7. The van der Waals surface area contributed by atoms with Crippen molar-refractivity contribution in [3.8, 4) is 0 Å². The number of anilines is 1. The average Bonchev–Trinajstić information content (AvgIpc) is 2.92.